The van der Waals surface area contributed by atoms with Gasteiger partial charge in [0.1, 0.15) is 0 Å². The molecule has 1 heterocycles. The van der Waals surface area contributed by atoms with Crippen LogP contribution in [0.3, 0.4) is 0 Å². The third-order valence-corrected chi connectivity index (χ3v) is 4.43. The van der Waals surface area contributed by atoms with Crippen molar-refractivity contribution in [2.45, 2.75) is 52.0 Å². The van der Waals surface area contributed by atoms with E-state index in [4.69, 9.17) is 0 Å². The molecular formula is C13H24N2O. The van der Waals surface area contributed by atoms with Crippen LogP contribution in [0.15, 0.2) is 0 Å². The topological polar surface area (TPSA) is 41.1 Å². The predicted octanol–water partition coefficient (Wildman–Crippen LogP) is 1.68. The van der Waals surface area contributed by atoms with Crippen molar-refractivity contribution in [3.8, 4) is 0 Å². The molecule has 0 spiro atoms. The summed E-state index contributed by atoms with van der Waals surface area (Å²) in [5, 5.41) is 6.58. The van der Waals surface area contributed by atoms with Crippen LogP contribution in [0.25, 0.3) is 0 Å². The fourth-order valence-corrected chi connectivity index (χ4v) is 3.08. The van der Waals surface area contributed by atoms with E-state index in [1.54, 1.807) is 0 Å². The number of hydrogen-bond donors (Lipinski definition) is 2. The average Bonchev–Trinajstić information content (AvgIpc) is 2.88. The van der Waals surface area contributed by atoms with Crippen molar-refractivity contribution in [3.05, 3.63) is 0 Å². The van der Waals surface area contributed by atoms with Gasteiger partial charge in [-0.3, -0.25) is 4.79 Å². The number of rotatable bonds is 3. The van der Waals surface area contributed by atoms with Gasteiger partial charge in [-0.25, -0.2) is 0 Å². The molecular weight excluding hydrogens is 200 g/mol. The van der Waals surface area contributed by atoms with Gasteiger partial charge in [-0.2, -0.15) is 0 Å². The lowest BCUT2D eigenvalue weighted by molar-refractivity contribution is -0.131. The third-order valence-electron chi connectivity index (χ3n) is 4.43. The Kier molecular flexibility index (Phi) is 3.53. The van der Waals surface area contributed by atoms with Crippen LogP contribution in [0, 0.1) is 11.3 Å². The Balaban J connectivity index is 1.91. The number of amides is 1. The van der Waals surface area contributed by atoms with Gasteiger partial charge in [0.15, 0.2) is 0 Å². The van der Waals surface area contributed by atoms with Crippen LogP contribution in [0.2, 0.25) is 0 Å². The minimum Gasteiger partial charge on any atom is -0.353 e. The first kappa shape index (κ1) is 11.9. The maximum absolute atomic E-state index is 12.3. The molecule has 3 heteroatoms. The molecule has 92 valence electrons. The highest BCUT2D eigenvalue weighted by atomic mass is 16.2. The SMILES string of the molecule is CCC1(C(=O)NC2CCC(C)C2)CCNC1. The Bertz CT molecular complexity index is 259. The van der Waals surface area contributed by atoms with E-state index in [2.05, 4.69) is 24.5 Å². The minimum atomic E-state index is -0.119. The second kappa shape index (κ2) is 4.74. The van der Waals surface area contributed by atoms with E-state index in [0.717, 1.165) is 31.8 Å². The number of nitrogens with one attached hydrogen (secondary N) is 2. The van der Waals surface area contributed by atoms with Gasteiger partial charge in [-0.1, -0.05) is 13.8 Å². The number of hydrogen-bond acceptors (Lipinski definition) is 2. The van der Waals surface area contributed by atoms with Crippen molar-refractivity contribution in [2.75, 3.05) is 13.1 Å². The molecule has 3 unspecified atom stereocenters. The zero-order chi connectivity index (χ0) is 11.6. The van der Waals surface area contributed by atoms with Crippen molar-refractivity contribution >= 4 is 5.91 Å². The first-order valence-electron chi connectivity index (χ1n) is 6.68. The normalized spacial score (nSPS) is 38.9. The van der Waals surface area contributed by atoms with Crippen molar-refractivity contribution in [3.63, 3.8) is 0 Å². The second-order valence-electron chi connectivity index (χ2n) is 5.65. The maximum Gasteiger partial charge on any atom is 0.227 e. The smallest absolute Gasteiger partial charge is 0.227 e. The van der Waals surface area contributed by atoms with E-state index in [-0.39, 0.29) is 5.41 Å². The summed E-state index contributed by atoms with van der Waals surface area (Å²) in [4.78, 5) is 12.3. The third kappa shape index (κ3) is 2.24. The van der Waals surface area contributed by atoms with Crippen LogP contribution in [-0.4, -0.2) is 25.0 Å². The van der Waals surface area contributed by atoms with Gasteiger partial charge in [-0.05, 0) is 44.6 Å². The van der Waals surface area contributed by atoms with E-state index < -0.39 is 0 Å². The molecule has 3 nitrogen and oxygen atoms in total. The molecule has 2 rings (SSSR count). The zero-order valence-electron chi connectivity index (χ0n) is 10.5. The first-order chi connectivity index (χ1) is 7.66. The van der Waals surface area contributed by atoms with Crippen LogP contribution in [0.5, 0.6) is 0 Å². The Labute approximate surface area is 98.4 Å². The van der Waals surface area contributed by atoms with Crippen LogP contribution in [0.4, 0.5) is 0 Å². The van der Waals surface area contributed by atoms with Gasteiger partial charge in [0, 0.05) is 12.6 Å². The Hall–Kier alpha value is -0.570. The number of carbonyl (C=O) groups excluding carboxylic acids is 1. The molecule has 0 aromatic heterocycles. The molecule has 2 N–H and O–H groups in total. The molecule has 2 fully saturated rings. The van der Waals surface area contributed by atoms with Crippen LogP contribution in [-0.2, 0) is 4.79 Å². The summed E-state index contributed by atoms with van der Waals surface area (Å²) < 4.78 is 0. The van der Waals surface area contributed by atoms with Crippen molar-refractivity contribution in [2.24, 2.45) is 11.3 Å². The summed E-state index contributed by atoms with van der Waals surface area (Å²) >= 11 is 0. The first-order valence-corrected chi connectivity index (χ1v) is 6.68. The van der Waals surface area contributed by atoms with Crippen LogP contribution >= 0.6 is 0 Å². The second-order valence-corrected chi connectivity index (χ2v) is 5.65. The lowest BCUT2D eigenvalue weighted by Crippen LogP contribution is -2.45. The summed E-state index contributed by atoms with van der Waals surface area (Å²) in [6, 6.07) is 0.437. The van der Waals surface area contributed by atoms with Gasteiger partial charge in [0.25, 0.3) is 0 Å². The molecule has 0 radical (unpaired) electrons. The van der Waals surface area contributed by atoms with E-state index in [1.165, 1.54) is 19.3 Å². The largest absolute Gasteiger partial charge is 0.353 e. The fraction of sp³-hybridized carbons (Fsp3) is 0.923. The fourth-order valence-electron chi connectivity index (χ4n) is 3.08. The Morgan fingerprint density at radius 3 is 2.81 bits per heavy atom. The molecule has 0 aromatic carbocycles. The molecule has 1 aliphatic heterocycles. The highest BCUT2D eigenvalue weighted by Gasteiger charge is 2.40. The van der Waals surface area contributed by atoms with Crippen molar-refractivity contribution in [1.82, 2.24) is 10.6 Å². The van der Waals surface area contributed by atoms with Gasteiger partial charge in [-0.15, -0.1) is 0 Å². The van der Waals surface area contributed by atoms with Crippen LogP contribution < -0.4 is 10.6 Å². The molecule has 3 atom stereocenters. The Morgan fingerprint density at radius 2 is 2.31 bits per heavy atom. The molecule has 0 bridgehead atoms. The van der Waals surface area contributed by atoms with Gasteiger partial charge >= 0.3 is 0 Å². The standard InChI is InChI=1S/C13H24N2O/c1-3-13(6-7-14-9-13)12(16)15-11-5-4-10(2)8-11/h10-11,14H,3-9H2,1-2H3,(H,15,16). The van der Waals surface area contributed by atoms with Crippen molar-refractivity contribution < 1.29 is 4.79 Å². The summed E-state index contributed by atoms with van der Waals surface area (Å²) in [7, 11) is 0. The molecule has 1 aliphatic carbocycles. The summed E-state index contributed by atoms with van der Waals surface area (Å²) in [6.45, 7) is 6.25. The van der Waals surface area contributed by atoms with Gasteiger partial charge in [0.05, 0.1) is 5.41 Å². The van der Waals surface area contributed by atoms with Gasteiger partial charge < -0.3 is 10.6 Å². The maximum atomic E-state index is 12.3. The summed E-state index contributed by atoms with van der Waals surface area (Å²) in [5.74, 6) is 1.07. The van der Waals surface area contributed by atoms with Crippen LogP contribution in [0.1, 0.15) is 46.0 Å². The lowest BCUT2D eigenvalue weighted by atomic mass is 9.83. The molecule has 16 heavy (non-hydrogen) atoms. The molecule has 0 aromatic rings. The molecule has 1 amide bonds. The number of carbonyl (C=O) groups is 1. The quantitative estimate of drug-likeness (QED) is 0.766. The summed E-state index contributed by atoms with van der Waals surface area (Å²) in [5.41, 5.74) is -0.119. The zero-order valence-corrected chi connectivity index (χ0v) is 10.5. The summed E-state index contributed by atoms with van der Waals surface area (Å²) in [6.07, 6.45) is 5.55. The lowest BCUT2D eigenvalue weighted by Gasteiger charge is -2.27. The highest BCUT2D eigenvalue weighted by Crippen LogP contribution is 2.31. The average molecular weight is 224 g/mol. The van der Waals surface area contributed by atoms with Crippen molar-refractivity contribution in [1.29, 1.82) is 0 Å². The van der Waals surface area contributed by atoms with E-state index >= 15 is 0 Å². The molecule has 1 saturated carbocycles. The van der Waals surface area contributed by atoms with E-state index in [0.29, 0.717) is 11.9 Å². The molecule has 1 saturated heterocycles. The monoisotopic (exact) mass is 224 g/mol. The van der Waals surface area contributed by atoms with Gasteiger partial charge in [0.2, 0.25) is 5.91 Å². The minimum absolute atomic E-state index is 0.119. The molecule has 2 aliphatic rings. The van der Waals surface area contributed by atoms with E-state index in [1.807, 2.05) is 0 Å². The Morgan fingerprint density at radius 1 is 1.50 bits per heavy atom. The predicted molar refractivity (Wildman–Crippen MR) is 65.2 cm³/mol. The van der Waals surface area contributed by atoms with E-state index in [9.17, 15) is 4.79 Å². The highest BCUT2D eigenvalue weighted by molar-refractivity contribution is 5.83.